The molecule has 4 amide bonds. The molecule has 462 valence electrons. The van der Waals surface area contributed by atoms with Crippen LogP contribution in [-0.2, 0) is 19.2 Å². The second-order valence-corrected chi connectivity index (χ2v) is 24.1. The number of aryl methyl sites for hydroxylation is 1. The summed E-state index contributed by atoms with van der Waals surface area (Å²) in [5.41, 5.74) is 14.2. The molecule has 18 heteroatoms. The number of carboxylic acid groups (broad SMARTS) is 1. The van der Waals surface area contributed by atoms with Crippen LogP contribution in [0, 0.1) is 24.2 Å². The number of piperidine rings is 1. The number of nitrogens with zero attached hydrogens (tertiary/aromatic N) is 5. The summed E-state index contributed by atoms with van der Waals surface area (Å²) in [5.74, 6) is 1.38. The third-order valence-electron chi connectivity index (χ3n) is 16.3. The number of anilines is 2. The Morgan fingerprint density at radius 2 is 1.31 bits per heavy atom. The number of carbonyl (C=O) groups is 5. The first-order valence-corrected chi connectivity index (χ1v) is 31.6. The standard InChI is InChI=1S/C65H104N10O8/c1-50-23-22-24-58(72-50)75(64(81)55-29-28-54(82-4)44-57(55)74-40-31-51(32-41-74)48-83-62-43-53(30-36-71-62)56(45-63(79)80)52-26-27-52)49-65(2,3)33-21-19-17-15-13-11-9-7-5-6-8-10-12-14-16-18-20-25-59(76)70-39-42-73(46-60(77)68-37-34-66)47-61(78)69-38-35-67/h22-24,28-30,36,43-44,51-52,56H,5-21,25-27,31-35,37-42,45-49,66-67H2,1-4H3,(H,68,77)(H,69,78)(H,70,76)(H,79,80)/t56-/m0/s1. The first-order valence-electron chi connectivity index (χ1n) is 31.6. The number of methoxy groups -OCH3 is 1. The molecule has 3 aromatic rings. The molecule has 2 aliphatic rings. The van der Waals surface area contributed by atoms with Gasteiger partial charge in [-0.05, 0) is 105 Å². The Bertz CT molecular complexity index is 2370. The zero-order valence-corrected chi connectivity index (χ0v) is 51.1. The number of rotatable bonds is 44. The van der Waals surface area contributed by atoms with Crippen molar-refractivity contribution in [3.63, 3.8) is 0 Å². The lowest BCUT2D eigenvalue weighted by atomic mass is 9.85. The molecule has 1 atom stereocenters. The van der Waals surface area contributed by atoms with Crippen LogP contribution in [0.3, 0.4) is 0 Å². The minimum atomic E-state index is -0.777. The van der Waals surface area contributed by atoms with Gasteiger partial charge in [-0.1, -0.05) is 123 Å². The zero-order chi connectivity index (χ0) is 59.7. The van der Waals surface area contributed by atoms with E-state index in [9.17, 15) is 29.1 Å². The van der Waals surface area contributed by atoms with E-state index in [1.807, 2.05) is 60.4 Å². The number of amides is 4. The molecule has 2 aromatic heterocycles. The van der Waals surface area contributed by atoms with Crippen molar-refractivity contribution in [3.05, 3.63) is 71.5 Å². The van der Waals surface area contributed by atoms with Crippen molar-refractivity contribution in [2.24, 2.45) is 28.7 Å². The van der Waals surface area contributed by atoms with Crippen LogP contribution < -0.4 is 46.7 Å². The number of nitrogens with two attached hydrogens (primary N) is 2. The van der Waals surface area contributed by atoms with Gasteiger partial charge in [0.1, 0.15) is 11.6 Å². The maximum absolute atomic E-state index is 15.0. The van der Waals surface area contributed by atoms with Crippen molar-refractivity contribution in [3.8, 4) is 11.6 Å². The first-order chi connectivity index (χ1) is 40.2. The molecule has 3 heterocycles. The molecule has 0 unspecified atom stereocenters. The van der Waals surface area contributed by atoms with E-state index in [0.717, 1.165) is 87.8 Å². The molecule has 1 aromatic carbocycles. The average Bonchev–Trinajstić information content (AvgIpc) is 4.37. The fraction of sp³-hybridized carbons (Fsp3) is 0.677. The zero-order valence-electron chi connectivity index (χ0n) is 51.1. The molecule has 5 rings (SSSR count). The number of hydrogen-bond acceptors (Lipinski definition) is 13. The van der Waals surface area contributed by atoms with Gasteiger partial charge in [0.05, 0.1) is 44.5 Å². The Hall–Kier alpha value is -5.85. The lowest BCUT2D eigenvalue weighted by Gasteiger charge is -2.36. The molecule has 8 N–H and O–H groups in total. The summed E-state index contributed by atoms with van der Waals surface area (Å²) >= 11 is 0. The van der Waals surface area contributed by atoms with Gasteiger partial charge in [-0.15, -0.1) is 0 Å². The van der Waals surface area contributed by atoms with Crippen LogP contribution in [0.2, 0.25) is 0 Å². The topological polar surface area (TPSA) is 248 Å². The van der Waals surface area contributed by atoms with Gasteiger partial charge in [0.2, 0.25) is 23.6 Å². The molecule has 83 heavy (non-hydrogen) atoms. The van der Waals surface area contributed by atoms with Crippen LogP contribution in [0.4, 0.5) is 11.5 Å². The fourth-order valence-corrected chi connectivity index (χ4v) is 11.3. The van der Waals surface area contributed by atoms with E-state index < -0.39 is 5.97 Å². The summed E-state index contributed by atoms with van der Waals surface area (Å²) in [6.45, 7) is 11.4. The van der Waals surface area contributed by atoms with Crippen LogP contribution >= 0.6 is 0 Å². The minimum Gasteiger partial charge on any atom is -0.497 e. The van der Waals surface area contributed by atoms with Gasteiger partial charge in [-0.25, -0.2) is 9.97 Å². The Morgan fingerprint density at radius 3 is 1.87 bits per heavy atom. The molecule has 0 spiro atoms. The number of carbonyl (C=O) groups excluding carboxylic acids is 4. The molecular formula is C65H104N10O8. The van der Waals surface area contributed by atoms with Gasteiger partial charge in [0.25, 0.3) is 5.91 Å². The van der Waals surface area contributed by atoms with Crippen molar-refractivity contribution < 1.29 is 38.6 Å². The quantitative estimate of drug-likeness (QED) is 0.0289. The summed E-state index contributed by atoms with van der Waals surface area (Å²) < 4.78 is 12.0. The molecular weight excluding hydrogens is 1050 g/mol. The molecule has 1 aliphatic carbocycles. The third-order valence-corrected chi connectivity index (χ3v) is 16.3. The largest absolute Gasteiger partial charge is 0.497 e. The van der Waals surface area contributed by atoms with Crippen LogP contribution in [-0.4, -0.2) is 135 Å². The lowest BCUT2D eigenvalue weighted by molar-refractivity contribution is -0.137. The average molecular weight is 1150 g/mol. The van der Waals surface area contributed by atoms with Crippen molar-refractivity contribution >= 4 is 41.1 Å². The van der Waals surface area contributed by atoms with Gasteiger partial charge < -0.3 is 46.9 Å². The van der Waals surface area contributed by atoms with Crippen molar-refractivity contribution in [2.75, 3.05) is 95.5 Å². The summed E-state index contributed by atoms with van der Waals surface area (Å²) in [6, 6.07) is 15.5. The summed E-state index contributed by atoms with van der Waals surface area (Å²) in [5, 5.41) is 17.9. The third kappa shape index (κ3) is 26.7. The number of pyridine rings is 2. The van der Waals surface area contributed by atoms with E-state index in [-0.39, 0.29) is 54.5 Å². The van der Waals surface area contributed by atoms with Gasteiger partial charge in [0, 0.05) is 89.3 Å². The predicted octanol–water partition coefficient (Wildman–Crippen LogP) is 9.71. The number of nitrogens with one attached hydrogen (secondary N) is 3. The van der Waals surface area contributed by atoms with Crippen LogP contribution in [0.15, 0.2) is 54.7 Å². The van der Waals surface area contributed by atoms with Gasteiger partial charge in [-0.2, -0.15) is 0 Å². The van der Waals surface area contributed by atoms with E-state index in [1.54, 1.807) is 18.2 Å². The van der Waals surface area contributed by atoms with E-state index in [4.69, 9.17) is 25.9 Å². The SMILES string of the molecule is COc1ccc(C(=O)N(CC(C)(C)CCCCCCCCCCCCCCCCCCCC(=O)NCCN(CC(=O)NCCN)CC(=O)NCCN)c2cccc(C)n2)c(N2CCC(COc3cc([C@@H](CC(=O)O)C4CC4)ccn3)CC2)c1. The molecule has 18 nitrogen and oxygen atoms in total. The van der Waals surface area contributed by atoms with E-state index in [0.29, 0.717) is 93.7 Å². The van der Waals surface area contributed by atoms with Crippen molar-refractivity contribution in [1.82, 2.24) is 30.8 Å². The number of ether oxygens (including phenoxy) is 2. The highest BCUT2D eigenvalue weighted by atomic mass is 16.5. The molecule has 1 saturated carbocycles. The van der Waals surface area contributed by atoms with Crippen molar-refractivity contribution in [1.29, 1.82) is 0 Å². The smallest absolute Gasteiger partial charge is 0.303 e. The normalized spacial score (nSPS) is 14.1. The number of benzene rings is 1. The summed E-state index contributed by atoms with van der Waals surface area (Å²) in [6.07, 6.45) is 28.0. The molecule has 1 saturated heterocycles. The minimum absolute atomic E-state index is 0.000245. The number of aliphatic carboxylic acids is 1. The summed E-state index contributed by atoms with van der Waals surface area (Å²) in [4.78, 5) is 78.7. The van der Waals surface area contributed by atoms with E-state index in [1.165, 1.54) is 83.5 Å². The second-order valence-electron chi connectivity index (χ2n) is 24.1. The lowest BCUT2D eigenvalue weighted by Crippen LogP contribution is -2.46. The number of hydrogen-bond donors (Lipinski definition) is 6. The van der Waals surface area contributed by atoms with Crippen LogP contribution in [0.5, 0.6) is 11.6 Å². The van der Waals surface area contributed by atoms with E-state index >= 15 is 0 Å². The Balaban J connectivity index is 0.927. The second kappa shape index (κ2) is 38.2. The molecule has 2 fully saturated rings. The Kier molecular flexibility index (Phi) is 31.2. The maximum atomic E-state index is 15.0. The Labute approximate surface area is 496 Å². The molecule has 0 radical (unpaired) electrons. The van der Waals surface area contributed by atoms with Gasteiger partial charge in [0.15, 0.2) is 0 Å². The van der Waals surface area contributed by atoms with Crippen LogP contribution in [0.1, 0.15) is 195 Å². The summed E-state index contributed by atoms with van der Waals surface area (Å²) in [7, 11) is 1.66. The van der Waals surface area contributed by atoms with Gasteiger partial charge in [-0.3, -0.25) is 33.8 Å². The highest BCUT2D eigenvalue weighted by Crippen LogP contribution is 2.45. The monoisotopic (exact) mass is 1150 g/mol. The molecule has 1 aliphatic heterocycles. The predicted molar refractivity (Wildman–Crippen MR) is 331 cm³/mol. The number of aromatic nitrogens is 2. The number of unbranched alkanes of at least 4 members (excludes halogenated alkanes) is 16. The van der Waals surface area contributed by atoms with Gasteiger partial charge >= 0.3 is 5.97 Å². The van der Waals surface area contributed by atoms with Crippen molar-refractivity contribution in [2.45, 2.75) is 181 Å². The Morgan fingerprint density at radius 1 is 0.735 bits per heavy atom. The molecule has 0 bridgehead atoms. The highest BCUT2D eigenvalue weighted by molar-refractivity contribution is 6.09. The first kappa shape index (κ1) is 67.9. The highest BCUT2D eigenvalue weighted by Gasteiger charge is 2.35. The fourth-order valence-electron chi connectivity index (χ4n) is 11.3. The maximum Gasteiger partial charge on any atom is 0.303 e. The van der Waals surface area contributed by atoms with Crippen LogP contribution in [0.25, 0.3) is 0 Å². The van der Waals surface area contributed by atoms with E-state index in [2.05, 4.69) is 39.7 Å². The number of carboxylic acids is 1.